The maximum atomic E-state index is 11.9. The van der Waals surface area contributed by atoms with E-state index in [4.69, 9.17) is 9.47 Å². The minimum absolute atomic E-state index is 0.00821. The summed E-state index contributed by atoms with van der Waals surface area (Å²) in [4.78, 5) is 22.4. The molecule has 0 bridgehead atoms. The highest BCUT2D eigenvalue weighted by molar-refractivity contribution is 5.95. The predicted molar refractivity (Wildman–Crippen MR) is 79.1 cm³/mol. The zero-order valence-electron chi connectivity index (χ0n) is 11.9. The van der Waals surface area contributed by atoms with Gasteiger partial charge in [-0.25, -0.2) is 4.79 Å². The number of methoxy groups -OCH3 is 1. The van der Waals surface area contributed by atoms with Crippen LogP contribution in [0.4, 0.5) is 5.69 Å². The molecule has 2 aromatic carbocycles. The molecule has 1 aliphatic rings. The molecule has 0 spiro atoms. The van der Waals surface area contributed by atoms with E-state index in [1.165, 1.54) is 19.2 Å². The first kappa shape index (κ1) is 14.1. The fraction of sp³-hybridized carbons (Fsp3) is 0.188. The minimum Gasteiger partial charge on any atom is -0.492 e. The molecule has 0 saturated carbocycles. The summed E-state index contributed by atoms with van der Waals surface area (Å²) < 4.78 is 10.3. The van der Waals surface area contributed by atoms with Crippen LogP contribution < -0.4 is 4.74 Å². The number of nitro benzene ring substituents is 1. The van der Waals surface area contributed by atoms with Crippen LogP contribution in [0.3, 0.4) is 0 Å². The molecule has 112 valence electrons. The Balaban J connectivity index is 2.14. The number of benzene rings is 2. The molecular weight excluding hydrogens is 286 g/mol. The van der Waals surface area contributed by atoms with Crippen LogP contribution in [0.25, 0.3) is 11.1 Å². The first-order valence-electron chi connectivity index (χ1n) is 6.73. The van der Waals surface area contributed by atoms with Crippen LogP contribution in [0.1, 0.15) is 15.9 Å². The van der Waals surface area contributed by atoms with Gasteiger partial charge in [0, 0.05) is 18.6 Å². The zero-order chi connectivity index (χ0) is 15.7. The van der Waals surface area contributed by atoms with Crippen LogP contribution in [0.15, 0.2) is 36.4 Å². The fourth-order valence-corrected chi connectivity index (χ4v) is 2.54. The molecule has 1 aliphatic heterocycles. The molecular formula is C16H13NO5. The van der Waals surface area contributed by atoms with Gasteiger partial charge in [0.2, 0.25) is 0 Å². The second-order valence-electron chi connectivity index (χ2n) is 4.91. The Kier molecular flexibility index (Phi) is 3.50. The highest BCUT2D eigenvalue weighted by Gasteiger charge is 2.23. The third kappa shape index (κ3) is 2.39. The molecule has 0 N–H and O–H groups in total. The smallest absolute Gasteiger partial charge is 0.341 e. The SMILES string of the molecule is COC(=O)c1cc(-c2cccc([N+](=O)[O-])c2)cc2c1OCC2. The lowest BCUT2D eigenvalue weighted by molar-refractivity contribution is -0.384. The van der Waals surface area contributed by atoms with E-state index >= 15 is 0 Å². The summed E-state index contributed by atoms with van der Waals surface area (Å²) in [5, 5.41) is 10.9. The van der Waals surface area contributed by atoms with E-state index in [1.807, 2.05) is 6.07 Å². The molecule has 0 saturated heterocycles. The molecule has 3 rings (SSSR count). The van der Waals surface area contributed by atoms with Crippen LogP contribution in [-0.2, 0) is 11.2 Å². The molecule has 0 amide bonds. The standard InChI is InChI=1S/C16H13NO5/c1-21-16(18)14-9-12(7-11-5-6-22-15(11)14)10-3-2-4-13(8-10)17(19)20/h2-4,7-9H,5-6H2,1H3. The van der Waals surface area contributed by atoms with Gasteiger partial charge in [0.25, 0.3) is 5.69 Å². The Hall–Kier alpha value is -2.89. The van der Waals surface area contributed by atoms with Crippen molar-refractivity contribution in [3.63, 3.8) is 0 Å². The van der Waals surface area contributed by atoms with Gasteiger partial charge >= 0.3 is 5.97 Å². The first-order chi connectivity index (χ1) is 10.6. The molecule has 2 aromatic rings. The predicted octanol–water partition coefficient (Wildman–Crippen LogP) is 2.98. The van der Waals surface area contributed by atoms with Gasteiger partial charge in [-0.05, 0) is 28.8 Å². The Bertz CT molecular complexity index is 769. The zero-order valence-corrected chi connectivity index (χ0v) is 11.9. The molecule has 6 nitrogen and oxygen atoms in total. The topological polar surface area (TPSA) is 78.7 Å². The molecule has 6 heteroatoms. The average molecular weight is 299 g/mol. The number of carbonyl (C=O) groups excluding carboxylic acids is 1. The van der Waals surface area contributed by atoms with Gasteiger partial charge in [-0.1, -0.05) is 12.1 Å². The van der Waals surface area contributed by atoms with E-state index in [-0.39, 0.29) is 5.69 Å². The number of esters is 1. The number of carbonyl (C=O) groups is 1. The van der Waals surface area contributed by atoms with E-state index in [9.17, 15) is 14.9 Å². The van der Waals surface area contributed by atoms with Crippen molar-refractivity contribution in [2.45, 2.75) is 6.42 Å². The van der Waals surface area contributed by atoms with Crippen LogP contribution in [-0.4, -0.2) is 24.6 Å². The monoisotopic (exact) mass is 299 g/mol. The normalized spacial score (nSPS) is 12.4. The van der Waals surface area contributed by atoms with Crippen molar-refractivity contribution in [1.29, 1.82) is 0 Å². The number of nitrogens with zero attached hydrogens (tertiary/aromatic N) is 1. The molecule has 1 heterocycles. The van der Waals surface area contributed by atoms with E-state index in [1.54, 1.807) is 18.2 Å². The van der Waals surface area contributed by atoms with Gasteiger partial charge in [0.05, 0.1) is 18.6 Å². The Morgan fingerprint density at radius 3 is 2.82 bits per heavy atom. The van der Waals surface area contributed by atoms with Gasteiger partial charge < -0.3 is 9.47 Å². The van der Waals surface area contributed by atoms with Crippen molar-refractivity contribution in [2.24, 2.45) is 0 Å². The fourth-order valence-electron chi connectivity index (χ4n) is 2.54. The Morgan fingerprint density at radius 1 is 1.27 bits per heavy atom. The van der Waals surface area contributed by atoms with Gasteiger partial charge in [-0.2, -0.15) is 0 Å². The molecule has 22 heavy (non-hydrogen) atoms. The average Bonchev–Trinajstić information content (AvgIpc) is 3.01. The van der Waals surface area contributed by atoms with Gasteiger partial charge in [0.1, 0.15) is 11.3 Å². The van der Waals surface area contributed by atoms with Gasteiger partial charge in [0.15, 0.2) is 0 Å². The van der Waals surface area contributed by atoms with E-state index in [2.05, 4.69) is 0 Å². The summed E-state index contributed by atoms with van der Waals surface area (Å²) >= 11 is 0. The van der Waals surface area contributed by atoms with Crippen molar-refractivity contribution >= 4 is 11.7 Å². The summed E-state index contributed by atoms with van der Waals surface area (Å²) in [5.41, 5.74) is 2.67. The number of hydrogen-bond acceptors (Lipinski definition) is 5. The highest BCUT2D eigenvalue weighted by Crippen LogP contribution is 2.35. The molecule has 0 radical (unpaired) electrons. The lowest BCUT2D eigenvalue weighted by atomic mass is 9.98. The van der Waals surface area contributed by atoms with Crippen LogP contribution in [0.5, 0.6) is 5.75 Å². The molecule has 0 aliphatic carbocycles. The summed E-state index contributed by atoms with van der Waals surface area (Å²) in [6.07, 6.45) is 0.697. The van der Waals surface area contributed by atoms with Gasteiger partial charge in [-0.3, -0.25) is 10.1 Å². The highest BCUT2D eigenvalue weighted by atomic mass is 16.6. The third-order valence-electron chi connectivity index (χ3n) is 3.58. The molecule has 0 fully saturated rings. The summed E-state index contributed by atoms with van der Waals surface area (Å²) in [7, 11) is 1.31. The molecule has 0 aromatic heterocycles. The van der Waals surface area contributed by atoms with Crippen LogP contribution >= 0.6 is 0 Å². The Morgan fingerprint density at radius 2 is 2.09 bits per heavy atom. The van der Waals surface area contributed by atoms with E-state index in [0.717, 1.165) is 11.1 Å². The largest absolute Gasteiger partial charge is 0.492 e. The number of rotatable bonds is 3. The maximum Gasteiger partial charge on any atom is 0.341 e. The quantitative estimate of drug-likeness (QED) is 0.494. The Labute approximate surface area is 126 Å². The number of nitro groups is 1. The van der Waals surface area contributed by atoms with Crippen LogP contribution in [0.2, 0.25) is 0 Å². The first-order valence-corrected chi connectivity index (χ1v) is 6.73. The number of hydrogen-bond donors (Lipinski definition) is 0. The minimum atomic E-state index is -0.481. The maximum absolute atomic E-state index is 11.9. The number of non-ortho nitro benzene ring substituents is 1. The van der Waals surface area contributed by atoms with E-state index < -0.39 is 10.9 Å². The third-order valence-corrected chi connectivity index (χ3v) is 3.58. The summed E-state index contributed by atoms with van der Waals surface area (Å²) in [6, 6.07) is 9.85. The second-order valence-corrected chi connectivity index (χ2v) is 4.91. The van der Waals surface area contributed by atoms with Gasteiger partial charge in [-0.15, -0.1) is 0 Å². The van der Waals surface area contributed by atoms with E-state index in [0.29, 0.717) is 29.9 Å². The molecule has 0 atom stereocenters. The van der Waals surface area contributed by atoms with Crippen molar-refractivity contribution in [2.75, 3.05) is 13.7 Å². The number of fused-ring (bicyclic) bond motifs is 1. The lowest BCUT2D eigenvalue weighted by Crippen LogP contribution is -2.04. The summed E-state index contributed by atoms with van der Waals surface area (Å²) in [5.74, 6) is 0.0615. The van der Waals surface area contributed by atoms with Crippen LogP contribution in [0, 0.1) is 10.1 Å². The van der Waals surface area contributed by atoms with Crippen molar-refractivity contribution in [3.05, 3.63) is 57.6 Å². The van der Waals surface area contributed by atoms with Crippen molar-refractivity contribution in [3.8, 4) is 16.9 Å². The molecule has 0 unspecified atom stereocenters. The number of ether oxygens (including phenoxy) is 2. The lowest BCUT2D eigenvalue weighted by Gasteiger charge is -2.10. The second kappa shape index (κ2) is 5.48. The summed E-state index contributed by atoms with van der Waals surface area (Å²) in [6.45, 7) is 0.512. The van der Waals surface area contributed by atoms with Crippen molar-refractivity contribution in [1.82, 2.24) is 0 Å². The van der Waals surface area contributed by atoms with Crippen molar-refractivity contribution < 1.29 is 19.2 Å².